The molecule has 0 atom stereocenters. The minimum atomic E-state index is -0.741. The molecule has 0 N–H and O–H groups in total. The van der Waals surface area contributed by atoms with Gasteiger partial charge in [-0.2, -0.15) is 58.2 Å². The Morgan fingerprint density at radius 3 is 1.60 bits per heavy atom. The summed E-state index contributed by atoms with van der Waals surface area (Å²) in [4.78, 5) is 0. The van der Waals surface area contributed by atoms with Crippen LogP contribution in [-0.2, 0) is 31.9 Å². The summed E-state index contributed by atoms with van der Waals surface area (Å²) in [6.45, 7) is 6.66. The third kappa shape index (κ3) is 5.00. The molecule has 0 saturated heterocycles. The number of nitrogens with zero attached hydrogens (tertiary/aromatic N) is 4. The molecule has 0 aliphatic heterocycles. The number of benzene rings is 4. The molecular weight excluding hydrogens is 671 g/mol. The van der Waals surface area contributed by atoms with Gasteiger partial charge in [0.1, 0.15) is 5.41 Å². The van der Waals surface area contributed by atoms with E-state index >= 15 is 0 Å². The van der Waals surface area contributed by atoms with Gasteiger partial charge in [0.25, 0.3) is 0 Å². The Kier molecular flexibility index (Phi) is 7.74. The molecule has 6 rings (SSSR count). The van der Waals surface area contributed by atoms with Crippen LogP contribution in [0.15, 0.2) is 128 Å². The van der Waals surface area contributed by atoms with Crippen molar-refractivity contribution in [3.63, 3.8) is 0 Å². The molecular formula is C35H30N4Pt. The summed E-state index contributed by atoms with van der Waals surface area (Å²) < 4.78 is 3.81. The summed E-state index contributed by atoms with van der Waals surface area (Å²) in [5.41, 5.74) is 6.28. The van der Waals surface area contributed by atoms with Crippen LogP contribution in [0.2, 0.25) is 0 Å². The largest absolute Gasteiger partial charge is 2.00 e. The first-order valence-electron chi connectivity index (χ1n) is 13.2. The topological polar surface area (TPSA) is 35.6 Å². The molecule has 2 aromatic heterocycles. The van der Waals surface area contributed by atoms with Gasteiger partial charge in [-0.1, -0.05) is 81.4 Å². The number of hydrogen-bond acceptors (Lipinski definition) is 2. The monoisotopic (exact) mass is 701 g/mol. The van der Waals surface area contributed by atoms with E-state index in [0.29, 0.717) is 0 Å². The standard InChI is InChI=1S/C35H30N4.Pt/c1-34(2,3)29-18-13-21-31(26-29)39-25-23-33(37-39)35(27-14-7-4-8-15-27,28-16-9-5-10-17-28)32-22-24-38(36-32)30-19-11-6-12-20-30;/h4-19,22-26H,1-3H3;/q-2;+2. The molecule has 0 saturated carbocycles. The van der Waals surface area contributed by atoms with Gasteiger partial charge in [-0.3, -0.25) is 9.36 Å². The van der Waals surface area contributed by atoms with Crippen molar-refractivity contribution in [3.05, 3.63) is 168 Å². The van der Waals surface area contributed by atoms with Gasteiger partial charge in [-0.25, -0.2) is 0 Å². The van der Waals surface area contributed by atoms with Crippen LogP contribution in [0.5, 0.6) is 0 Å². The van der Waals surface area contributed by atoms with Gasteiger partial charge in [0.05, 0.1) is 11.4 Å². The van der Waals surface area contributed by atoms with Crippen molar-refractivity contribution < 1.29 is 21.1 Å². The van der Waals surface area contributed by atoms with Crippen LogP contribution in [0.4, 0.5) is 0 Å². The summed E-state index contributed by atoms with van der Waals surface area (Å²) in [6.07, 6.45) is 4.02. The Morgan fingerprint density at radius 1 is 0.550 bits per heavy atom. The van der Waals surface area contributed by atoms with E-state index in [0.717, 1.165) is 33.9 Å². The molecule has 0 fully saturated rings. The summed E-state index contributed by atoms with van der Waals surface area (Å²) in [5.74, 6) is 0. The second-order valence-electron chi connectivity index (χ2n) is 10.7. The summed E-state index contributed by atoms with van der Waals surface area (Å²) in [5, 5.41) is 10.4. The quantitative estimate of drug-likeness (QED) is 0.171. The Bertz CT molecular complexity index is 1640. The van der Waals surface area contributed by atoms with Crippen molar-refractivity contribution in [3.8, 4) is 11.4 Å². The molecule has 6 aromatic rings. The van der Waals surface area contributed by atoms with E-state index in [4.69, 9.17) is 10.2 Å². The van der Waals surface area contributed by atoms with E-state index in [1.54, 1.807) is 0 Å². The molecule has 40 heavy (non-hydrogen) atoms. The van der Waals surface area contributed by atoms with Crippen molar-refractivity contribution in [2.45, 2.75) is 31.6 Å². The van der Waals surface area contributed by atoms with Crippen LogP contribution in [0.3, 0.4) is 0 Å². The average Bonchev–Trinajstić information content (AvgIpc) is 3.67. The fourth-order valence-electron chi connectivity index (χ4n) is 5.16. The zero-order valence-electron chi connectivity index (χ0n) is 22.7. The van der Waals surface area contributed by atoms with Gasteiger partial charge in [0.2, 0.25) is 0 Å². The molecule has 0 bridgehead atoms. The Balaban J connectivity index is 0.00000323. The molecule has 2 heterocycles. The zero-order chi connectivity index (χ0) is 26.9. The van der Waals surface area contributed by atoms with E-state index in [9.17, 15) is 0 Å². The number of para-hydroxylation sites is 1. The van der Waals surface area contributed by atoms with Gasteiger partial charge in [0.15, 0.2) is 0 Å². The maximum absolute atomic E-state index is 5.22. The van der Waals surface area contributed by atoms with Gasteiger partial charge < -0.3 is 0 Å². The normalized spacial score (nSPS) is 11.7. The first-order chi connectivity index (χ1) is 19.0. The molecule has 5 heteroatoms. The first kappa shape index (κ1) is 27.6. The Hall–Kier alpha value is -4.01. The molecule has 0 unspecified atom stereocenters. The predicted molar refractivity (Wildman–Crippen MR) is 155 cm³/mol. The smallest absolute Gasteiger partial charge is 0.265 e. The molecule has 0 spiro atoms. The minimum Gasteiger partial charge on any atom is -0.265 e. The third-order valence-electron chi connectivity index (χ3n) is 7.20. The Morgan fingerprint density at radius 2 is 1.07 bits per heavy atom. The van der Waals surface area contributed by atoms with E-state index in [1.165, 1.54) is 5.56 Å². The molecule has 200 valence electrons. The summed E-state index contributed by atoms with van der Waals surface area (Å²) in [6, 6.07) is 46.0. The molecule has 0 aliphatic carbocycles. The van der Waals surface area contributed by atoms with Crippen LogP contribution >= 0.6 is 0 Å². The van der Waals surface area contributed by atoms with Crippen LogP contribution in [0, 0.1) is 12.1 Å². The molecule has 4 nitrogen and oxygen atoms in total. The third-order valence-corrected chi connectivity index (χ3v) is 7.20. The minimum absolute atomic E-state index is 0. The molecule has 0 aliphatic rings. The molecule has 4 aromatic carbocycles. The second-order valence-corrected chi connectivity index (χ2v) is 10.7. The van der Waals surface area contributed by atoms with Gasteiger partial charge >= 0.3 is 21.1 Å². The predicted octanol–water partition coefficient (Wildman–Crippen LogP) is 7.34. The number of hydrogen-bond donors (Lipinski definition) is 0. The van der Waals surface area contributed by atoms with Crippen LogP contribution in [0.1, 0.15) is 48.8 Å². The van der Waals surface area contributed by atoms with Gasteiger partial charge in [-0.15, -0.1) is 12.1 Å². The first-order valence-corrected chi connectivity index (χ1v) is 13.2. The van der Waals surface area contributed by atoms with E-state index in [1.807, 2.05) is 64.2 Å². The number of aromatic nitrogens is 4. The zero-order valence-corrected chi connectivity index (χ0v) is 25.0. The van der Waals surface area contributed by atoms with Crippen molar-refractivity contribution in [2.75, 3.05) is 0 Å². The van der Waals surface area contributed by atoms with Crippen LogP contribution in [-0.4, -0.2) is 19.6 Å². The second kappa shape index (κ2) is 11.2. The van der Waals surface area contributed by atoms with E-state index in [-0.39, 0.29) is 26.5 Å². The average molecular weight is 702 g/mol. The van der Waals surface area contributed by atoms with Crippen molar-refractivity contribution in [1.29, 1.82) is 0 Å². The summed E-state index contributed by atoms with van der Waals surface area (Å²) >= 11 is 0. The van der Waals surface area contributed by atoms with E-state index in [2.05, 4.69) is 106 Å². The maximum Gasteiger partial charge on any atom is 2.00 e. The fourth-order valence-corrected chi connectivity index (χ4v) is 5.16. The SMILES string of the molecule is CC(C)(C)c1cc[c-]c(-n2ccc(C(c3ccccc3)(c3ccccc3)c3ccn(-c4[c-]cccc4)n3)n2)c1.[Pt+2]. The fraction of sp³-hybridized carbons (Fsp3) is 0.143. The van der Waals surface area contributed by atoms with Crippen LogP contribution < -0.4 is 0 Å². The Labute approximate surface area is 250 Å². The van der Waals surface area contributed by atoms with Crippen LogP contribution in [0.25, 0.3) is 11.4 Å². The van der Waals surface area contributed by atoms with Crippen molar-refractivity contribution >= 4 is 0 Å². The molecule has 0 radical (unpaired) electrons. The number of rotatable bonds is 6. The van der Waals surface area contributed by atoms with Crippen molar-refractivity contribution in [2.24, 2.45) is 0 Å². The van der Waals surface area contributed by atoms with Crippen molar-refractivity contribution in [1.82, 2.24) is 19.6 Å². The van der Waals surface area contributed by atoms with Gasteiger partial charge in [-0.05, 0) is 40.0 Å². The summed E-state index contributed by atoms with van der Waals surface area (Å²) in [7, 11) is 0. The van der Waals surface area contributed by atoms with Gasteiger partial charge in [0, 0.05) is 12.4 Å². The maximum atomic E-state index is 5.22. The molecule has 0 amide bonds. The van der Waals surface area contributed by atoms with E-state index < -0.39 is 5.41 Å².